The minimum Gasteiger partial charge on any atom is -0.489 e. The van der Waals surface area contributed by atoms with E-state index in [0.717, 1.165) is 11.3 Å². The van der Waals surface area contributed by atoms with E-state index in [1.54, 1.807) is 12.1 Å². The molecule has 2 aromatic carbocycles. The Balaban J connectivity index is 2.11. The molecule has 2 rings (SSSR count). The molecule has 0 spiro atoms. The molecule has 2 N–H and O–H groups in total. The van der Waals surface area contributed by atoms with E-state index in [1.165, 1.54) is 7.11 Å². The van der Waals surface area contributed by atoms with Crippen LogP contribution in [0.3, 0.4) is 0 Å². The van der Waals surface area contributed by atoms with E-state index in [0.29, 0.717) is 17.9 Å². The molecule has 98 valence electrons. The monoisotopic (exact) mass is 257 g/mol. The van der Waals surface area contributed by atoms with E-state index in [2.05, 4.69) is 4.74 Å². The molecule has 0 aliphatic rings. The Morgan fingerprint density at radius 2 is 1.89 bits per heavy atom. The van der Waals surface area contributed by atoms with Crippen molar-refractivity contribution >= 4 is 11.7 Å². The van der Waals surface area contributed by atoms with Gasteiger partial charge in [0.1, 0.15) is 12.4 Å². The molecule has 0 aromatic heterocycles. The number of ether oxygens (including phenoxy) is 2. The van der Waals surface area contributed by atoms with Gasteiger partial charge in [0.2, 0.25) is 0 Å². The van der Waals surface area contributed by atoms with Crippen LogP contribution < -0.4 is 10.5 Å². The summed E-state index contributed by atoms with van der Waals surface area (Å²) in [5.74, 6) is 0.331. The number of carbonyl (C=O) groups excluding carboxylic acids is 1. The van der Waals surface area contributed by atoms with Crippen molar-refractivity contribution in [2.45, 2.75) is 6.61 Å². The molecule has 0 aliphatic carbocycles. The van der Waals surface area contributed by atoms with Crippen LogP contribution in [0.15, 0.2) is 48.5 Å². The summed E-state index contributed by atoms with van der Waals surface area (Å²) in [6.45, 7) is 0.369. The Morgan fingerprint density at radius 1 is 1.16 bits per heavy atom. The first kappa shape index (κ1) is 13.0. The first-order chi connectivity index (χ1) is 9.20. The number of anilines is 1. The molecule has 0 atom stereocenters. The van der Waals surface area contributed by atoms with Crippen LogP contribution in [0.2, 0.25) is 0 Å². The highest BCUT2D eigenvalue weighted by atomic mass is 16.5. The van der Waals surface area contributed by atoms with Crippen LogP contribution in [0.5, 0.6) is 5.75 Å². The van der Waals surface area contributed by atoms with Gasteiger partial charge in [0.25, 0.3) is 0 Å². The molecule has 2 aromatic rings. The molecule has 0 unspecified atom stereocenters. The highest BCUT2D eigenvalue weighted by molar-refractivity contribution is 5.95. The predicted octanol–water partition coefficient (Wildman–Crippen LogP) is 2.63. The topological polar surface area (TPSA) is 61.5 Å². The molecule has 0 bridgehead atoms. The number of nitrogens with two attached hydrogens (primary N) is 1. The van der Waals surface area contributed by atoms with Gasteiger partial charge in [0.05, 0.1) is 12.7 Å². The maximum atomic E-state index is 11.5. The summed E-state index contributed by atoms with van der Waals surface area (Å²) in [4.78, 5) is 11.5. The van der Waals surface area contributed by atoms with Crippen LogP contribution in [0, 0.1) is 0 Å². The van der Waals surface area contributed by atoms with Crippen molar-refractivity contribution in [1.29, 1.82) is 0 Å². The second-order valence-electron chi connectivity index (χ2n) is 4.01. The first-order valence-electron chi connectivity index (χ1n) is 5.85. The Labute approximate surface area is 111 Å². The number of para-hydroxylation sites is 1. The Kier molecular flexibility index (Phi) is 4.03. The fraction of sp³-hybridized carbons (Fsp3) is 0.133. The van der Waals surface area contributed by atoms with E-state index in [1.807, 2.05) is 36.4 Å². The molecule has 0 amide bonds. The largest absolute Gasteiger partial charge is 0.489 e. The third kappa shape index (κ3) is 3.25. The summed E-state index contributed by atoms with van der Waals surface area (Å²) >= 11 is 0. The van der Waals surface area contributed by atoms with E-state index in [9.17, 15) is 4.79 Å². The summed E-state index contributed by atoms with van der Waals surface area (Å²) in [5, 5.41) is 0. The molecular formula is C15H15NO3. The van der Waals surface area contributed by atoms with Crippen LogP contribution in [0.25, 0.3) is 0 Å². The molecule has 0 fully saturated rings. The van der Waals surface area contributed by atoms with Gasteiger partial charge in [-0.25, -0.2) is 4.79 Å². The van der Waals surface area contributed by atoms with E-state index in [-0.39, 0.29) is 0 Å². The highest BCUT2D eigenvalue weighted by Gasteiger charge is 2.10. The lowest BCUT2D eigenvalue weighted by Gasteiger charge is -2.09. The zero-order valence-corrected chi connectivity index (χ0v) is 10.6. The molecule has 0 saturated carbocycles. The van der Waals surface area contributed by atoms with E-state index in [4.69, 9.17) is 10.5 Å². The van der Waals surface area contributed by atoms with Gasteiger partial charge in [0.15, 0.2) is 0 Å². The zero-order chi connectivity index (χ0) is 13.7. The standard InChI is InChI=1S/C15H15NO3/c1-18-15(17)13-9-11(7-8-14(13)16)10-19-12-5-3-2-4-6-12/h2-9H,10,16H2,1H3. The summed E-state index contributed by atoms with van der Waals surface area (Å²) in [6.07, 6.45) is 0. The van der Waals surface area contributed by atoms with E-state index < -0.39 is 5.97 Å². The molecule has 4 nitrogen and oxygen atoms in total. The summed E-state index contributed by atoms with van der Waals surface area (Å²) in [7, 11) is 1.33. The van der Waals surface area contributed by atoms with Crippen molar-refractivity contribution in [2.24, 2.45) is 0 Å². The van der Waals surface area contributed by atoms with E-state index >= 15 is 0 Å². The quantitative estimate of drug-likeness (QED) is 0.675. The number of benzene rings is 2. The lowest BCUT2D eigenvalue weighted by atomic mass is 10.1. The number of methoxy groups -OCH3 is 1. The first-order valence-corrected chi connectivity index (χ1v) is 5.85. The zero-order valence-electron chi connectivity index (χ0n) is 10.6. The van der Waals surface area contributed by atoms with Crippen molar-refractivity contribution in [1.82, 2.24) is 0 Å². The van der Waals surface area contributed by atoms with Crippen LogP contribution >= 0.6 is 0 Å². The van der Waals surface area contributed by atoms with Gasteiger partial charge in [-0.1, -0.05) is 24.3 Å². The molecule has 19 heavy (non-hydrogen) atoms. The minimum atomic E-state index is -0.445. The Bertz CT molecular complexity index is 567. The average molecular weight is 257 g/mol. The lowest BCUT2D eigenvalue weighted by Crippen LogP contribution is -2.07. The Morgan fingerprint density at radius 3 is 2.58 bits per heavy atom. The molecule has 0 radical (unpaired) electrons. The highest BCUT2D eigenvalue weighted by Crippen LogP contribution is 2.17. The lowest BCUT2D eigenvalue weighted by molar-refractivity contribution is 0.0602. The number of hydrogen-bond donors (Lipinski definition) is 1. The summed E-state index contributed by atoms with van der Waals surface area (Å²) in [5.41, 5.74) is 7.35. The molecule has 0 heterocycles. The van der Waals surface area contributed by atoms with Crippen LogP contribution in [-0.4, -0.2) is 13.1 Å². The van der Waals surface area contributed by atoms with Gasteiger partial charge < -0.3 is 15.2 Å². The number of hydrogen-bond acceptors (Lipinski definition) is 4. The number of esters is 1. The van der Waals surface area contributed by atoms with Crippen molar-refractivity contribution in [3.05, 3.63) is 59.7 Å². The van der Waals surface area contributed by atoms with Crippen LogP contribution in [0.4, 0.5) is 5.69 Å². The van der Waals surface area contributed by atoms with Crippen molar-refractivity contribution in [2.75, 3.05) is 12.8 Å². The second-order valence-corrected chi connectivity index (χ2v) is 4.01. The molecular weight excluding hydrogens is 242 g/mol. The maximum Gasteiger partial charge on any atom is 0.339 e. The normalized spacial score (nSPS) is 9.95. The SMILES string of the molecule is COC(=O)c1cc(COc2ccccc2)ccc1N. The molecule has 0 aliphatic heterocycles. The molecule has 0 saturated heterocycles. The van der Waals surface area contributed by atoms with Crippen LogP contribution in [-0.2, 0) is 11.3 Å². The van der Waals surface area contributed by atoms with Gasteiger partial charge in [-0.3, -0.25) is 0 Å². The smallest absolute Gasteiger partial charge is 0.339 e. The van der Waals surface area contributed by atoms with Gasteiger partial charge in [-0.05, 0) is 29.8 Å². The van der Waals surface area contributed by atoms with Crippen LogP contribution in [0.1, 0.15) is 15.9 Å². The summed E-state index contributed by atoms with van der Waals surface area (Å²) in [6, 6.07) is 14.7. The minimum absolute atomic E-state index is 0.358. The fourth-order valence-corrected chi connectivity index (χ4v) is 1.66. The number of nitrogen functional groups attached to an aromatic ring is 1. The predicted molar refractivity (Wildman–Crippen MR) is 73.0 cm³/mol. The maximum absolute atomic E-state index is 11.5. The number of carbonyl (C=O) groups is 1. The third-order valence-electron chi connectivity index (χ3n) is 2.67. The fourth-order valence-electron chi connectivity index (χ4n) is 1.66. The van der Waals surface area contributed by atoms with Gasteiger partial charge in [-0.2, -0.15) is 0 Å². The second kappa shape index (κ2) is 5.91. The number of rotatable bonds is 4. The van der Waals surface area contributed by atoms with Gasteiger partial charge in [0, 0.05) is 5.69 Å². The van der Waals surface area contributed by atoms with Crippen molar-refractivity contribution in [3.63, 3.8) is 0 Å². The van der Waals surface area contributed by atoms with Gasteiger partial charge >= 0.3 is 5.97 Å². The van der Waals surface area contributed by atoms with Crippen molar-refractivity contribution in [3.8, 4) is 5.75 Å². The van der Waals surface area contributed by atoms with Gasteiger partial charge in [-0.15, -0.1) is 0 Å². The third-order valence-corrected chi connectivity index (χ3v) is 2.67. The summed E-state index contributed by atoms with van der Waals surface area (Å²) < 4.78 is 10.3. The molecule has 4 heteroatoms. The van der Waals surface area contributed by atoms with Crippen molar-refractivity contribution < 1.29 is 14.3 Å². The Hall–Kier alpha value is -2.49. The average Bonchev–Trinajstić information content (AvgIpc) is 2.46.